The zero-order chi connectivity index (χ0) is 20.3. The molecule has 0 radical (unpaired) electrons. The van der Waals surface area contributed by atoms with Gasteiger partial charge in [-0.05, 0) is 36.8 Å². The fourth-order valence-corrected chi connectivity index (χ4v) is 3.49. The number of nitrogens with zero attached hydrogens (tertiary/aromatic N) is 3. The number of aromatic nitrogens is 1. The molecular formula is C22H34IN5O2. The van der Waals surface area contributed by atoms with Gasteiger partial charge in [0, 0.05) is 45.1 Å². The predicted octanol–water partition coefficient (Wildman–Crippen LogP) is 2.74. The third-order valence-corrected chi connectivity index (χ3v) is 5.08. The van der Waals surface area contributed by atoms with Crippen molar-refractivity contribution < 1.29 is 9.47 Å². The van der Waals surface area contributed by atoms with Crippen molar-refractivity contribution in [2.75, 3.05) is 53.0 Å². The number of hydrogen-bond donors (Lipinski definition) is 2. The van der Waals surface area contributed by atoms with Crippen LogP contribution in [0.3, 0.4) is 0 Å². The molecule has 0 saturated carbocycles. The van der Waals surface area contributed by atoms with E-state index in [1.807, 2.05) is 24.3 Å². The number of ether oxygens (including phenoxy) is 2. The summed E-state index contributed by atoms with van der Waals surface area (Å²) in [5.74, 6) is 1.73. The second-order valence-electron chi connectivity index (χ2n) is 7.00. The van der Waals surface area contributed by atoms with Crippen LogP contribution in [0.1, 0.15) is 18.5 Å². The van der Waals surface area contributed by atoms with Gasteiger partial charge in [0.05, 0.1) is 32.9 Å². The summed E-state index contributed by atoms with van der Waals surface area (Å²) in [5.41, 5.74) is 1.25. The summed E-state index contributed by atoms with van der Waals surface area (Å²) in [5, 5.41) is 6.80. The second kappa shape index (κ2) is 13.5. The smallest absolute Gasteiger partial charge is 0.191 e. The van der Waals surface area contributed by atoms with Crippen molar-refractivity contribution in [3.63, 3.8) is 0 Å². The van der Waals surface area contributed by atoms with Crippen LogP contribution in [0.15, 0.2) is 53.8 Å². The molecule has 1 aliphatic rings. The molecule has 2 heterocycles. The molecule has 8 heteroatoms. The lowest BCUT2D eigenvalue weighted by Gasteiger charge is -2.34. The van der Waals surface area contributed by atoms with Crippen molar-refractivity contribution in [2.24, 2.45) is 4.99 Å². The van der Waals surface area contributed by atoms with Gasteiger partial charge in [0.25, 0.3) is 0 Å². The molecular weight excluding hydrogens is 493 g/mol. The van der Waals surface area contributed by atoms with Crippen LogP contribution >= 0.6 is 24.0 Å². The van der Waals surface area contributed by atoms with Crippen LogP contribution in [-0.2, 0) is 11.3 Å². The van der Waals surface area contributed by atoms with E-state index < -0.39 is 0 Å². The van der Waals surface area contributed by atoms with Crippen LogP contribution in [-0.4, -0.2) is 68.5 Å². The van der Waals surface area contributed by atoms with Crippen molar-refractivity contribution in [2.45, 2.75) is 19.5 Å². The molecule has 30 heavy (non-hydrogen) atoms. The Morgan fingerprint density at radius 1 is 1.13 bits per heavy atom. The minimum Gasteiger partial charge on any atom is -0.497 e. The molecule has 166 valence electrons. The van der Waals surface area contributed by atoms with Gasteiger partial charge < -0.3 is 24.7 Å². The van der Waals surface area contributed by atoms with Gasteiger partial charge in [0.15, 0.2) is 5.96 Å². The Morgan fingerprint density at radius 3 is 2.47 bits per heavy atom. The number of benzene rings is 1. The average Bonchev–Trinajstić information content (AvgIpc) is 3.28. The van der Waals surface area contributed by atoms with Crippen LogP contribution in [0.5, 0.6) is 5.75 Å². The Bertz CT molecular complexity index is 730. The van der Waals surface area contributed by atoms with Gasteiger partial charge in [-0.2, -0.15) is 0 Å². The molecule has 7 nitrogen and oxygen atoms in total. The summed E-state index contributed by atoms with van der Waals surface area (Å²) < 4.78 is 13.0. The zero-order valence-corrected chi connectivity index (χ0v) is 20.2. The highest BCUT2D eigenvalue weighted by Gasteiger charge is 2.22. The minimum absolute atomic E-state index is 0. The number of hydrogen-bond acceptors (Lipinski definition) is 4. The lowest BCUT2D eigenvalue weighted by atomic mass is 10.0. The van der Waals surface area contributed by atoms with Gasteiger partial charge in [-0.3, -0.25) is 9.89 Å². The quantitative estimate of drug-likeness (QED) is 0.299. The fraction of sp³-hybridized carbons (Fsp3) is 0.500. The molecule has 1 aromatic heterocycles. The molecule has 2 aromatic rings. The minimum atomic E-state index is 0. The maximum Gasteiger partial charge on any atom is 0.191 e. The first-order valence-corrected chi connectivity index (χ1v) is 10.4. The second-order valence-corrected chi connectivity index (χ2v) is 7.00. The number of aliphatic imine (C=N–C) groups is 1. The van der Waals surface area contributed by atoms with Crippen LogP contribution in [0.25, 0.3) is 0 Å². The molecule has 0 aliphatic carbocycles. The molecule has 1 atom stereocenters. The van der Waals surface area contributed by atoms with Crippen molar-refractivity contribution in [1.82, 2.24) is 20.1 Å². The van der Waals surface area contributed by atoms with Gasteiger partial charge >= 0.3 is 0 Å². The van der Waals surface area contributed by atoms with E-state index in [4.69, 9.17) is 14.5 Å². The Kier molecular flexibility index (Phi) is 11.0. The van der Waals surface area contributed by atoms with Crippen molar-refractivity contribution >= 4 is 29.9 Å². The van der Waals surface area contributed by atoms with Crippen LogP contribution < -0.4 is 15.4 Å². The maximum atomic E-state index is 5.55. The monoisotopic (exact) mass is 527 g/mol. The first-order chi connectivity index (χ1) is 14.3. The summed E-state index contributed by atoms with van der Waals surface area (Å²) in [7, 11) is 1.70. The number of guanidine groups is 1. The van der Waals surface area contributed by atoms with Crippen molar-refractivity contribution in [3.05, 3.63) is 54.4 Å². The number of halogens is 1. The Labute approximate surface area is 196 Å². The first-order valence-electron chi connectivity index (χ1n) is 10.4. The van der Waals surface area contributed by atoms with Gasteiger partial charge in [-0.1, -0.05) is 12.1 Å². The molecule has 3 rings (SSSR count). The zero-order valence-electron chi connectivity index (χ0n) is 17.9. The molecule has 1 aliphatic heterocycles. The third kappa shape index (κ3) is 7.48. The lowest BCUT2D eigenvalue weighted by Crippen LogP contribution is -2.42. The van der Waals surface area contributed by atoms with Crippen LogP contribution in [0.2, 0.25) is 0 Å². The van der Waals surface area contributed by atoms with E-state index in [9.17, 15) is 0 Å². The summed E-state index contributed by atoms with van der Waals surface area (Å²) in [6.07, 6.45) is 4.15. The molecule has 1 unspecified atom stereocenters. The summed E-state index contributed by atoms with van der Waals surface area (Å²) in [6.45, 7) is 8.72. The fourth-order valence-electron chi connectivity index (χ4n) is 3.49. The Balaban J connectivity index is 0.00000320. The molecule has 0 spiro atoms. The highest BCUT2D eigenvalue weighted by atomic mass is 127. The van der Waals surface area contributed by atoms with Gasteiger partial charge in [-0.25, -0.2) is 0 Å². The first kappa shape index (κ1) is 24.5. The highest BCUT2D eigenvalue weighted by Crippen LogP contribution is 2.24. The van der Waals surface area contributed by atoms with E-state index in [2.05, 4.69) is 51.6 Å². The number of nitrogens with one attached hydrogen (secondary N) is 2. The van der Waals surface area contributed by atoms with E-state index in [-0.39, 0.29) is 30.0 Å². The number of methoxy groups -OCH3 is 1. The van der Waals surface area contributed by atoms with Crippen molar-refractivity contribution in [1.29, 1.82) is 0 Å². The normalized spacial score (nSPS) is 15.9. The van der Waals surface area contributed by atoms with Gasteiger partial charge in [-0.15, -0.1) is 24.0 Å². The van der Waals surface area contributed by atoms with E-state index >= 15 is 0 Å². The summed E-state index contributed by atoms with van der Waals surface area (Å²) >= 11 is 0. The van der Waals surface area contributed by atoms with E-state index in [1.165, 1.54) is 5.56 Å². The molecule has 0 amide bonds. The predicted molar refractivity (Wildman–Crippen MR) is 132 cm³/mol. The molecule has 1 aromatic carbocycles. The van der Waals surface area contributed by atoms with Crippen LogP contribution in [0, 0.1) is 0 Å². The molecule has 1 saturated heterocycles. The van der Waals surface area contributed by atoms with Gasteiger partial charge in [0.2, 0.25) is 0 Å². The average molecular weight is 527 g/mol. The maximum absolute atomic E-state index is 5.55. The molecule has 2 N–H and O–H groups in total. The Morgan fingerprint density at radius 2 is 1.83 bits per heavy atom. The number of rotatable bonds is 9. The third-order valence-electron chi connectivity index (χ3n) is 5.08. The molecule has 0 bridgehead atoms. The van der Waals surface area contributed by atoms with E-state index in [0.717, 1.165) is 57.6 Å². The van der Waals surface area contributed by atoms with Gasteiger partial charge in [0.1, 0.15) is 5.75 Å². The standard InChI is InChI=1S/C22H33N5O2.HI/c1-3-23-22(24-10-13-26-11-4-5-12-26)25-18-21(27-14-16-29-17-15-27)19-6-8-20(28-2)9-7-19;/h4-9,11-12,21H,3,10,13-18H2,1-2H3,(H2,23,24,25);1H. The largest absolute Gasteiger partial charge is 0.497 e. The lowest BCUT2D eigenvalue weighted by molar-refractivity contribution is 0.0179. The highest BCUT2D eigenvalue weighted by molar-refractivity contribution is 14.0. The van der Waals surface area contributed by atoms with E-state index in [0.29, 0.717) is 6.54 Å². The Hall–Kier alpha value is -1.78. The van der Waals surface area contributed by atoms with Crippen LogP contribution in [0.4, 0.5) is 0 Å². The summed E-state index contributed by atoms with van der Waals surface area (Å²) in [4.78, 5) is 7.35. The molecule has 1 fully saturated rings. The van der Waals surface area contributed by atoms with E-state index in [1.54, 1.807) is 7.11 Å². The number of morpholine rings is 1. The summed E-state index contributed by atoms with van der Waals surface area (Å²) in [6, 6.07) is 12.6. The topological polar surface area (TPSA) is 63.1 Å². The van der Waals surface area contributed by atoms with Crippen molar-refractivity contribution in [3.8, 4) is 5.75 Å². The SMILES string of the molecule is CCNC(=NCC(c1ccc(OC)cc1)N1CCOCC1)NCCn1cccc1.I.